The molecule has 0 fully saturated rings. The summed E-state index contributed by atoms with van der Waals surface area (Å²) in [6, 6.07) is 22.8. The summed E-state index contributed by atoms with van der Waals surface area (Å²) in [5.74, 6) is 0. The third kappa shape index (κ3) is 3.61. The molecule has 0 radical (unpaired) electrons. The molecule has 2 heteroatoms. The smallest absolute Gasteiger partial charge is 0.200 e. The van der Waals surface area contributed by atoms with Crippen molar-refractivity contribution in [1.29, 1.82) is 0 Å². The lowest BCUT2D eigenvalue weighted by Crippen LogP contribution is -2.37. The van der Waals surface area contributed by atoms with Crippen LogP contribution >= 0.6 is 0 Å². The maximum absolute atomic E-state index is 2.41. The van der Waals surface area contributed by atoms with Gasteiger partial charge in [-0.15, -0.1) is 0 Å². The minimum absolute atomic E-state index is 1.29. The molecule has 0 atom stereocenters. The second-order valence-electron chi connectivity index (χ2n) is 9.62. The Morgan fingerprint density at radius 3 is 2.07 bits per heavy atom. The maximum Gasteiger partial charge on any atom is 0.220 e. The van der Waals surface area contributed by atoms with E-state index in [0.29, 0.717) is 0 Å². The van der Waals surface area contributed by atoms with Crippen LogP contribution in [0, 0.1) is 20.8 Å². The molecule has 152 valence electrons. The van der Waals surface area contributed by atoms with Gasteiger partial charge in [-0.2, -0.15) is 0 Å². The summed E-state index contributed by atoms with van der Waals surface area (Å²) in [7, 11) is 0.819. The third-order valence-corrected chi connectivity index (χ3v) is 8.30. The fourth-order valence-corrected chi connectivity index (χ4v) is 5.70. The molecule has 0 bridgehead atoms. The highest BCUT2D eigenvalue weighted by atomic mass is 28.3. The monoisotopic (exact) mass is 410 g/mol. The summed E-state index contributed by atoms with van der Waals surface area (Å²) in [5, 5.41) is 4.17. The number of nitrogens with zero attached hydrogens (tertiary/aromatic N) is 1. The summed E-state index contributed by atoms with van der Waals surface area (Å²) in [4.78, 5) is 0. The van der Waals surface area contributed by atoms with Gasteiger partial charge in [-0.05, 0) is 66.1 Å². The average molecular weight is 411 g/mol. The number of benzene rings is 3. The van der Waals surface area contributed by atoms with Crippen LogP contribution in [0.2, 0.25) is 19.6 Å². The first-order valence-corrected chi connectivity index (χ1v) is 14.3. The fraction of sp³-hybridized carbons (Fsp3) is 0.250. The lowest BCUT2D eigenvalue weighted by atomic mass is 9.92. The number of fused-ring (bicyclic) bond motifs is 1. The van der Waals surface area contributed by atoms with Crippen molar-refractivity contribution in [3.05, 3.63) is 83.6 Å². The molecule has 1 nitrogen and oxygen atoms in total. The standard InChI is InChI=1S/C28H32NSi/c1-19-9-8-10-20(2)27(19)23-11-13-25(21(3)17-23)28-26-14-12-24(30(5,6)7)18-22(26)15-16-29(28)4/h8-18H,1-7H3/q+1. The number of hydrogen-bond acceptors (Lipinski definition) is 0. The van der Waals surface area contributed by atoms with Crippen molar-refractivity contribution in [2.75, 3.05) is 0 Å². The van der Waals surface area contributed by atoms with Crippen LogP contribution in [0.4, 0.5) is 0 Å². The van der Waals surface area contributed by atoms with E-state index in [1.54, 1.807) is 0 Å². The summed E-state index contributed by atoms with van der Waals surface area (Å²) in [6.07, 6.45) is 2.20. The van der Waals surface area contributed by atoms with E-state index in [9.17, 15) is 0 Å². The molecule has 0 aliphatic carbocycles. The highest BCUT2D eigenvalue weighted by molar-refractivity contribution is 6.88. The van der Waals surface area contributed by atoms with E-state index in [4.69, 9.17) is 0 Å². The molecule has 0 N–H and O–H groups in total. The largest absolute Gasteiger partial charge is 0.220 e. The number of pyridine rings is 1. The van der Waals surface area contributed by atoms with E-state index in [1.807, 2.05) is 0 Å². The molecular weight excluding hydrogens is 378 g/mol. The van der Waals surface area contributed by atoms with Gasteiger partial charge in [0.05, 0.1) is 13.5 Å². The van der Waals surface area contributed by atoms with Crippen molar-refractivity contribution in [3.63, 3.8) is 0 Å². The second kappa shape index (κ2) is 7.52. The van der Waals surface area contributed by atoms with Crippen LogP contribution in [0.25, 0.3) is 33.2 Å². The molecular formula is C28H32NSi+. The van der Waals surface area contributed by atoms with E-state index in [1.165, 1.54) is 55.0 Å². The first-order valence-electron chi connectivity index (χ1n) is 10.8. The Morgan fingerprint density at radius 1 is 0.733 bits per heavy atom. The molecule has 0 aliphatic rings. The number of rotatable bonds is 3. The van der Waals surface area contributed by atoms with E-state index in [0.717, 1.165) is 0 Å². The van der Waals surface area contributed by atoms with Gasteiger partial charge in [-0.25, -0.2) is 4.57 Å². The maximum atomic E-state index is 2.41. The summed E-state index contributed by atoms with van der Waals surface area (Å²) in [6.45, 7) is 13.9. The van der Waals surface area contributed by atoms with Crippen molar-refractivity contribution in [1.82, 2.24) is 0 Å². The Kier molecular flexibility index (Phi) is 5.15. The summed E-state index contributed by atoms with van der Waals surface area (Å²) in [5.41, 5.74) is 9.23. The number of hydrogen-bond donors (Lipinski definition) is 0. The molecule has 0 unspecified atom stereocenters. The van der Waals surface area contributed by atoms with Gasteiger partial charge < -0.3 is 0 Å². The number of aromatic nitrogens is 1. The highest BCUT2D eigenvalue weighted by Gasteiger charge is 2.21. The molecule has 30 heavy (non-hydrogen) atoms. The zero-order valence-electron chi connectivity index (χ0n) is 19.3. The third-order valence-electron chi connectivity index (χ3n) is 6.25. The van der Waals surface area contributed by atoms with Crippen LogP contribution in [0.15, 0.2) is 66.9 Å². The molecule has 3 aromatic carbocycles. The van der Waals surface area contributed by atoms with Gasteiger partial charge in [0.25, 0.3) is 0 Å². The molecule has 0 saturated heterocycles. The van der Waals surface area contributed by atoms with Gasteiger partial charge in [0.2, 0.25) is 5.69 Å². The first-order chi connectivity index (χ1) is 14.2. The topological polar surface area (TPSA) is 3.88 Å². The van der Waals surface area contributed by atoms with Crippen LogP contribution in [0.1, 0.15) is 16.7 Å². The molecule has 0 amide bonds. The summed E-state index contributed by atoms with van der Waals surface area (Å²) < 4.78 is 2.26. The van der Waals surface area contributed by atoms with Gasteiger partial charge in [0.1, 0.15) is 7.05 Å². The normalized spacial score (nSPS) is 11.8. The molecule has 0 aliphatic heterocycles. The van der Waals surface area contributed by atoms with Crippen molar-refractivity contribution in [2.45, 2.75) is 40.4 Å². The SMILES string of the molecule is Cc1cc(-c2c(C)cccc2C)ccc1-c1c2ccc([Si](C)(C)C)cc2cc[n+]1C. The van der Waals surface area contributed by atoms with E-state index < -0.39 is 8.07 Å². The number of aryl methyl sites for hydroxylation is 4. The minimum Gasteiger partial charge on any atom is -0.200 e. The lowest BCUT2D eigenvalue weighted by molar-refractivity contribution is -0.659. The van der Waals surface area contributed by atoms with Crippen LogP contribution < -0.4 is 9.75 Å². The van der Waals surface area contributed by atoms with Crippen LogP contribution in [-0.2, 0) is 7.05 Å². The van der Waals surface area contributed by atoms with Gasteiger partial charge in [0.15, 0.2) is 6.20 Å². The van der Waals surface area contributed by atoms with Crippen molar-refractivity contribution < 1.29 is 4.57 Å². The zero-order chi connectivity index (χ0) is 21.6. The van der Waals surface area contributed by atoms with Crippen molar-refractivity contribution in [2.24, 2.45) is 7.05 Å². The molecule has 1 heterocycles. The van der Waals surface area contributed by atoms with Crippen LogP contribution in [0.5, 0.6) is 0 Å². The van der Waals surface area contributed by atoms with Gasteiger partial charge in [-0.3, -0.25) is 0 Å². The average Bonchev–Trinajstić information content (AvgIpc) is 2.67. The molecule has 0 saturated carbocycles. The first kappa shape index (κ1) is 20.6. The molecule has 1 aromatic heterocycles. The van der Waals surface area contributed by atoms with Gasteiger partial charge in [-0.1, -0.05) is 67.3 Å². The Balaban J connectivity index is 1.89. The summed E-state index contributed by atoms with van der Waals surface area (Å²) >= 11 is 0. The van der Waals surface area contributed by atoms with E-state index >= 15 is 0 Å². The van der Waals surface area contributed by atoms with E-state index in [-0.39, 0.29) is 0 Å². The fourth-order valence-electron chi connectivity index (χ4n) is 4.53. The zero-order valence-corrected chi connectivity index (χ0v) is 20.3. The molecule has 4 rings (SSSR count). The Bertz CT molecular complexity index is 1240. The molecule has 0 spiro atoms. The van der Waals surface area contributed by atoms with Crippen molar-refractivity contribution in [3.8, 4) is 22.4 Å². The predicted molar refractivity (Wildman–Crippen MR) is 133 cm³/mol. The van der Waals surface area contributed by atoms with Crippen LogP contribution in [-0.4, -0.2) is 8.07 Å². The quantitative estimate of drug-likeness (QED) is 0.269. The van der Waals surface area contributed by atoms with E-state index in [2.05, 4.69) is 119 Å². The minimum atomic E-state index is -1.33. The predicted octanol–water partition coefficient (Wildman–Crippen LogP) is 6.47. The van der Waals surface area contributed by atoms with Crippen LogP contribution in [0.3, 0.4) is 0 Å². The Hall–Kier alpha value is -2.71. The van der Waals surface area contributed by atoms with Gasteiger partial charge in [0, 0.05) is 11.6 Å². The van der Waals surface area contributed by atoms with Gasteiger partial charge >= 0.3 is 0 Å². The highest BCUT2D eigenvalue weighted by Crippen LogP contribution is 2.33. The van der Waals surface area contributed by atoms with Crippen molar-refractivity contribution >= 4 is 24.0 Å². The molecule has 4 aromatic rings. The Morgan fingerprint density at radius 2 is 1.43 bits per heavy atom. The second-order valence-corrected chi connectivity index (χ2v) is 14.7. The Labute approximate surface area is 182 Å². The lowest BCUT2D eigenvalue weighted by Gasteiger charge is -2.18.